The van der Waals surface area contributed by atoms with Gasteiger partial charge in [-0.25, -0.2) is 8.42 Å². The van der Waals surface area contributed by atoms with Crippen molar-refractivity contribution in [1.82, 2.24) is 4.90 Å². The maximum atomic E-state index is 11.6. The number of aliphatic hydroxyl groups is 1. The molecule has 1 saturated heterocycles. The van der Waals surface area contributed by atoms with Crippen molar-refractivity contribution >= 4 is 27.3 Å². The van der Waals surface area contributed by atoms with Gasteiger partial charge in [0.05, 0.1) is 24.7 Å². The Morgan fingerprint density at radius 3 is 2.70 bits per heavy atom. The topological polar surface area (TPSA) is 79.3 Å². The number of sulfonamides is 1. The number of hydrogen-bond donors (Lipinski definition) is 1. The molecule has 7 nitrogen and oxygen atoms in total. The normalized spacial score (nSPS) is 18.7. The van der Waals surface area contributed by atoms with E-state index in [1.807, 2.05) is 24.3 Å². The lowest BCUT2D eigenvalue weighted by atomic mass is 10.1. The van der Waals surface area contributed by atoms with Gasteiger partial charge >= 0.3 is 0 Å². The lowest BCUT2D eigenvalue weighted by molar-refractivity contribution is -0.0459. The third-order valence-corrected chi connectivity index (χ3v) is 6.42. The molecule has 164 valence electrons. The molecular formula is C21H27ClN2O5S. The summed E-state index contributed by atoms with van der Waals surface area (Å²) >= 11 is 6.08. The monoisotopic (exact) mass is 454 g/mol. The van der Waals surface area contributed by atoms with E-state index in [0.717, 1.165) is 18.4 Å². The molecule has 0 aliphatic carbocycles. The molecule has 30 heavy (non-hydrogen) atoms. The van der Waals surface area contributed by atoms with Crippen molar-refractivity contribution in [1.29, 1.82) is 0 Å². The van der Waals surface area contributed by atoms with Gasteiger partial charge in [0.15, 0.2) is 0 Å². The number of rotatable bonds is 8. The first-order chi connectivity index (χ1) is 14.2. The minimum absolute atomic E-state index is 0.0788. The Morgan fingerprint density at radius 1 is 1.30 bits per heavy atom. The van der Waals surface area contributed by atoms with E-state index in [9.17, 15) is 13.5 Å². The zero-order valence-corrected chi connectivity index (χ0v) is 18.6. The van der Waals surface area contributed by atoms with Crippen LogP contribution in [-0.4, -0.2) is 70.7 Å². The minimum atomic E-state index is -3.31. The Hall–Kier alpha value is -1.84. The maximum absolute atomic E-state index is 11.6. The van der Waals surface area contributed by atoms with E-state index in [1.54, 1.807) is 24.3 Å². The first-order valence-electron chi connectivity index (χ1n) is 9.66. The Balaban J connectivity index is 1.49. The van der Waals surface area contributed by atoms with Crippen molar-refractivity contribution in [2.45, 2.75) is 12.2 Å². The average Bonchev–Trinajstić information content (AvgIpc) is 2.72. The van der Waals surface area contributed by atoms with Crippen LogP contribution in [0, 0.1) is 0 Å². The van der Waals surface area contributed by atoms with E-state index in [0.29, 0.717) is 36.2 Å². The predicted octanol–water partition coefficient (Wildman–Crippen LogP) is 2.55. The summed E-state index contributed by atoms with van der Waals surface area (Å²) in [6, 6.07) is 14.3. The minimum Gasteiger partial charge on any atom is -0.491 e. The SMILES string of the molecule is CN(c1ccc(OCC(O)CN2CCO[C@H](c3cccc(Cl)c3)C2)cc1)S(C)(=O)=O. The number of aliphatic hydroxyl groups excluding tert-OH is 1. The zero-order valence-electron chi connectivity index (χ0n) is 17.1. The van der Waals surface area contributed by atoms with Gasteiger partial charge in [0, 0.05) is 31.7 Å². The molecule has 0 amide bonds. The van der Waals surface area contributed by atoms with Crippen LogP contribution in [0.4, 0.5) is 5.69 Å². The highest BCUT2D eigenvalue weighted by Gasteiger charge is 2.24. The fourth-order valence-electron chi connectivity index (χ4n) is 3.26. The number of β-amino-alcohol motifs (C(OH)–C–C–N with tert-alkyl or cyclic N) is 1. The van der Waals surface area contributed by atoms with Gasteiger partial charge in [0.2, 0.25) is 10.0 Å². The lowest BCUT2D eigenvalue weighted by Crippen LogP contribution is -2.43. The van der Waals surface area contributed by atoms with E-state index < -0.39 is 16.1 Å². The van der Waals surface area contributed by atoms with Crippen LogP contribution >= 0.6 is 11.6 Å². The summed E-state index contributed by atoms with van der Waals surface area (Å²) in [5.41, 5.74) is 1.57. The van der Waals surface area contributed by atoms with Crippen LogP contribution in [0.15, 0.2) is 48.5 Å². The highest BCUT2D eigenvalue weighted by molar-refractivity contribution is 7.92. The number of morpholine rings is 1. The largest absolute Gasteiger partial charge is 0.491 e. The van der Waals surface area contributed by atoms with Crippen LogP contribution in [0.5, 0.6) is 5.75 Å². The van der Waals surface area contributed by atoms with E-state index in [2.05, 4.69) is 4.90 Å². The Labute approximate surface area is 182 Å². The third kappa shape index (κ3) is 6.33. The predicted molar refractivity (Wildman–Crippen MR) is 118 cm³/mol. The Bertz CT molecular complexity index is 939. The second-order valence-corrected chi connectivity index (χ2v) is 9.81. The number of ether oxygens (including phenoxy) is 2. The van der Waals surface area contributed by atoms with Crippen molar-refractivity contribution < 1.29 is 23.0 Å². The van der Waals surface area contributed by atoms with Gasteiger partial charge in [-0.05, 0) is 42.0 Å². The number of nitrogens with zero attached hydrogens (tertiary/aromatic N) is 2. The molecule has 2 aromatic rings. The van der Waals surface area contributed by atoms with E-state index in [-0.39, 0.29) is 12.7 Å². The molecule has 2 atom stereocenters. The Kier molecular flexibility index (Phi) is 7.60. The van der Waals surface area contributed by atoms with Gasteiger partial charge in [-0.3, -0.25) is 9.21 Å². The smallest absolute Gasteiger partial charge is 0.231 e. The molecule has 1 unspecified atom stereocenters. The molecule has 1 aliphatic heterocycles. The molecule has 0 aromatic heterocycles. The first kappa shape index (κ1) is 22.8. The molecule has 9 heteroatoms. The van der Waals surface area contributed by atoms with Crippen LogP contribution in [0.25, 0.3) is 0 Å². The van der Waals surface area contributed by atoms with Gasteiger partial charge in [-0.1, -0.05) is 23.7 Å². The van der Waals surface area contributed by atoms with Crippen LogP contribution in [0.2, 0.25) is 5.02 Å². The fraction of sp³-hybridized carbons (Fsp3) is 0.429. The summed E-state index contributed by atoms with van der Waals surface area (Å²) in [5, 5.41) is 11.1. The van der Waals surface area contributed by atoms with Crippen LogP contribution in [0.1, 0.15) is 11.7 Å². The first-order valence-corrected chi connectivity index (χ1v) is 11.9. The molecule has 0 bridgehead atoms. The number of hydrogen-bond acceptors (Lipinski definition) is 6. The lowest BCUT2D eigenvalue weighted by Gasteiger charge is -2.34. The third-order valence-electron chi connectivity index (χ3n) is 4.98. The van der Waals surface area contributed by atoms with Gasteiger partial charge in [0.25, 0.3) is 0 Å². The quantitative estimate of drug-likeness (QED) is 0.660. The second-order valence-electron chi connectivity index (χ2n) is 7.36. The molecule has 2 aromatic carbocycles. The van der Waals surface area contributed by atoms with E-state index in [1.165, 1.54) is 11.4 Å². The van der Waals surface area contributed by atoms with Crippen molar-refractivity contribution in [2.75, 3.05) is 50.5 Å². The van der Waals surface area contributed by atoms with E-state index >= 15 is 0 Å². The van der Waals surface area contributed by atoms with Crippen molar-refractivity contribution in [2.24, 2.45) is 0 Å². The summed E-state index contributed by atoms with van der Waals surface area (Å²) in [6.07, 6.45) is 0.405. The standard InChI is InChI=1S/C21H27ClN2O5S/c1-23(30(2,26)27)18-6-8-20(9-7-18)29-15-19(25)13-24-10-11-28-21(14-24)16-4-3-5-17(22)12-16/h3-9,12,19,21,25H,10-11,13-15H2,1-2H3/t19?,21-/m0/s1. The second kappa shape index (κ2) is 9.98. The van der Waals surface area contributed by atoms with Crippen molar-refractivity contribution in [3.05, 3.63) is 59.1 Å². The van der Waals surface area contributed by atoms with Gasteiger partial charge in [0.1, 0.15) is 18.5 Å². The summed E-state index contributed by atoms with van der Waals surface area (Å²) in [5.74, 6) is 0.568. The molecule has 1 aliphatic rings. The number of anilines is 1. The summed E-state index contributed by atoms with van der Waals surface area (Å²) in [7, 11) is -1.81. The molecule has 3 rings (SSSR count). The summed E-state index contributed by atoms with van der Waals surface area (Å²) in [4.78, 5) is 2.15. The molecule has 1 fully saturated rings. The molecule has 0 spiro atoms. The van der Waals surface area contributed by atoms with Crippen LogP contribution < -0.4 is 9.04 Å². The molecular weight excluding hydrogens is 428 g/mol. The van der Waals surface area contributed by atoms with E-state index in [4.69, 9.17) is 21.1 Å². The highest BCUT2D eigenvalue weighted by Crippen LogP contribution is 2.25. The van der Waals surface area contributed by atoms with Gasteiger partial charge < -0.3 is 14.6 Å². The zero-order chi connectivity index (χ0) is 21.7. The average molecular weight is 455 g/mol. The fourth-order valence-corrected chi connectivity index (χ4v) is 3.97. The highest BCUT2D eigenvalue weighted by atomic mass is 35.5. The van der Waals surface area contributed by atoms with Gasteiger partial charge in [-0.15, -0.1) is 0 Å². The van der Waals surface area contributed by atoms with Crippen LogP contribution in [-0.2, 0) is 14.8 Å². The summed E-state index contributed by atoms with van der Waals surface area (Å²) in [6.45, 7) is 2.60. The molecule has 0 radical (unpaired) electrons. The maximum Gasteiger partial charge on any atom is 0.231 e. The molecule has 0 saturated carbocycles. The molecule has 1 heterocycles. The van der Waals surface area contributed by atoms with Crippen LogP contribution in [0.3, 0.4) is 0 Å². The number of benzene rings is 2. The van der Waals surface area contributed by atoms with Gasteiger partial charge in [-0.2, -0.15) is 0 Å². The number of halogens is 1. The molecule has 1 N–H and O–H groups in total. The summed E-state index contributed by atoms with van der Waals surface area (Å²) < 4.78 is 35.9. The Morgan fingerprint density at radius 2 is 2.03 bits per heavy atom. The van der Waals surface area contributed by atoms with Crippen molar-refractivity contribution in [3.63, 3.8) is 0 Å². The van der Waals surface area contributed by atoms with Crippen molar-refractivity contribution in [3.8, 4) is 5.75 Å².